The van der Waals surface area contributed by atoms with Gasteiger partial charge in [-0.2, -0.15) is 0 Å². The number of rotatable bonds is 3. The van der Waals surface area contributed by atoms with Crippen LogP contribution in [-0.2, 0) is 11.2 Å². The highest BCUT2D eigenvalue weighted by Gasteiger charge is 2.02. The van der Waals surface area contributed by atoms with Crippen LogP contribution in [0.4, 0.5) is 0 Å². The zero-order chi connectivity index (χ0) is 8.97. The molecule has 0 aliphatic heterocycles. The van der Waals surface area contributed by atoms with Crippen molar-refractivity contribution < 1.29 is 4.74 Å². The Balaban J connectivity index is 2.69. The molecule has 0 aliphatic carbocycles. The van der Waals surface area contributed by atoms with Crippen LogP contribution < -0.4 is 0 Å². The van der Waals surface area contributed by atoms with Crippen LogP contribution in [0, 0.1) is 6.92 Å². The second kappa shape index (κ2) is 4.27. The molecular weight excluding hydrogens is 148 g/mol. The van der Waals surface area contributed by atoms with Gasteiger partial charge < -0.3 is 4.74 Å². The molecule has 0 saturated heterocycles. The molecule has 66 valence electrons. The van der Waals surface area contributed by atoms with Crippen LogP contribution in [0.5, 0.6) is 0 Å². The molecule has 1 unspecified atom stereocenters. The quantitative estimate of drug-likeness (QED) is 0.667. The lowest BCUT2D eigenvalue weighted by atomic mass is 10.0. The highest BCUT2D eigenvalue weighted by molar-refractivity contribution is 5.25. The van der Waals surface area contributed by atoms with E-state index in [1.54, 1.807) is 7.11 Å². The first-order valence-corrected chi connectivity index (χ1v) is 4.31. The minimum absolute atomic E-state index is 0.311. The van der Waals surface area contributed by atoms with Gasteiger partial charge in [0.05, 0.1) is 6.10 Å². The molecule has 1 aromatic carbocycles. The third-order valence-electron chi connectivity index (χ3n) is 2.17. The molecule has 1 atom stereocenters. The second-order valence-electron chi connectivity index (χ2n) is 3.18. The van der Waals surface area contributed by atoms with Crippen molar-refractivity contribution in [2.45, 2.75) is 26.4 Å². The largest absolute Gasteiger partial charge is 0.381 e. The van der Waals surface area contributed by atoms with Crippen molar-refractivity contribution in [2.24, 2.45) is 0 Å². The van der Waals surface area contributed by atoms with E-state index in [2.05, 4.69) is 38.1 Å². The predicted octanol–water partition coefficient (Wildman–Crippen LogP) is 2.57. The van der Waals surface area contributed by atoms with E-state index in [9.17, 15) is 0 Å². The number of aryl methyl sites for hydroxylation is 1. The predicted molar refractivity (Wildman–Crippen MR) is 51.4 cm³/mol. The van der Waals surface area contributed by atoms with Gasteiger partial charge in [0.1, 0.15) is 0 Å². The summed E-state index contributed by atoms with van der Waals surface area (Å²) in [6.45, 7) is 4.23. The van der Waals surface area contributed by atoms with E-state index in [4.69, 9.17) is 4.74 Å². The lowest BCUT2D eigenvalue weighted by Crippen LogP contribution is -2.09. The average molecular weight is 164 g/mol. The summed E-state index contributed by atoms with van der Waals surface area (Å²) in [5.41, 5.74) is 2.73. The third kappa shape index (κ3) is 2.35. The summed E-state index contributed by atoms with van der Waals surface area (Å²) < 4.78 is 5.21. The molecule has 0 aliphatic rings. The van der Waals surface area contributed by atoms with Gasteiger partial charge in [0.15, 0.2) is 0 Å². The van der Waals surface area contributed by atoms with Gasteiger partial charge in [0.2, 0.25) is 0 Å². The fourth-order valence-corrected chi connectivity index (χ4v) is 1.23. The van der Waals surface area contributed by atoms with Crippen LogP contribution in [-0.4, -0.2) is 13.2 Å². The molecule has 1 aromatic rings. The normalized spacial score (nSPS) is 12.9. The van der Waals surface area contributed by atoms with Crippen LogP contribution in [0.25, 0.3) is 0 Å². The summed E-state index contributed by atoms with van der Waals surface area (Å²) in [5.74, 6) is 0. The molecule has 0 saturated carbocycles. The summed E-state index contributed by atoms with van der Waals surface area (Å²) >= 11 is 0. The molecule has 12 heavy (non-hydrogen) atoms. The number of ether oxygens (including phenoxy) is 1. The lowest BCUT2D eigenvalue weighted by molar-refractivity contribution is 0.118. The fourth-order valence-electron chi connectivity index (χ4n) is 1.23. The molecule has 1 heteroatoms. The Morgan fingerprint density at radius 2 is 2.00 bits per heavy atom. The van der Waals surface area contributed by atoms with Gasteiger partial charge in [-0.15, -0.1) is 0 Å². The Labute approximate surface area is 74.4 Å². The van der Waals surface area contributed by atoms with Crippen LogP contribution in [0.1, 0.15) is 18.1 Å². The molecule has 0 amide bonds. The van der Waals surface area contributed by atoms with Crippen molar-refractivity contribution in [3.63, 3.8) is 0 Å². The number of methoxy groups -OCH3 is 1. The van der Waals surface area contributed by atoms with Crippen LogP contribution in [0.15, 0.2) is 24.3 Å². The minimum atomic E-state index is 0.311. The van der Waals surface area contributed by atoms with E-state index in [0.717, 1.165) is 6.42 Å². The van der Waals surface area contributed by atoms with Crippen molar-refractivity contribution >= 4 is 0 Å². The van der Waals surface area contributed by atoms with Gasteiger partial charge in [0.25, 0.3) is 0 Å². The van der Waals surface area contributed by atoms with E-state index in [0.29, 0.717) is 6.10 Å². The molecule has 0 heterocycles. The summed E-state index contributed by atoms with van der Waals surface area (Å²) in [5, 5.41) is 0. The van der Waals surface area contributed by atoms with E-state index in [1.807, 2.05) is 0 Å². The first-order valence-electron chi connectivity index (χ1n) is 4.31. The Morgan fingerprint density at radius 3 is 2.58 bits per heavy atom. The fraction of sp³-hybridized carbons (Fsp3) is 0.455. The third-order valence-corrected chi connectivity index (χ3v) is 2.17. The van der Waals surface area contributed by atoms with Crippen LogP contribution in [0.3, 0.4) is 0 Å². The van der Waals surface area contributed by atoms with E-state index < -0.39 is 0 Å². The smallest absolute Gasteiger partial charge is 0.0583 e. The average Bonchev–Trinajstić information content (AvgIpc) is 2.09. The molecule has 0 spiro atoms. The van der Waals surface area contributed by atoms with Gasteiger partial charge in [-0.1, -0.05) is 24.3 Å². The van der Waals surface area contributed by atoms with Gasteiger partial charge >= 0.3 is 0 Å². The van der Waals surface area contributed by atoms with Crippen molar-refractivity contribution in [2.75, 3.05) is 7.11 Å². The van der Waals surface area contributed by atoms with Crippen molar-refractivity contribution in [3.05, 3.63) is 35.4 Å². The second-order valence-corrected chi connectivity index (χ2v) is 3.18. The molecule has 0 aromatic heterocycles. The van der Waals surface area contributed by atoms with Crippen molar-refractivity contribution in [1.29, 1.82) is 0 Å². The molecule has 0 N–H and O–H groups in total. The maximum absolute atomic E-state index is 5.21. The van der Waals surface area contributed by atoms with Crippen molar-refractivity contribution in [1.82, 2.24) is 0 Å². The highest BCUT2D eigenvalue weighted by atomic mass is 16.5. The van der Waals surface area contributed by atoms with Gasteiger partial charge in [-0.05, 0) is 31.4 Å². The molecule has 0 fully saturated rings. The first kappa shape index (κ1) is 9.27. The topological polar surface area (TPSA) is 9.23 Å². The lowest BCUT2D eigenvalue weighted by Gasteiger charge is -2.10. The summed E-state index contributed by atoms with van der Waals surface area (Å²) in [7, 11) is 1.75. The summed E-state index contributed by atoms with van der Waals surface area (Å²) in [6.07, 6.45) is 1.31. The SMILES string of the molecule is COC(C)Cc1ccccc1C. The van der Waals surface area contributed by atoms with Gasteiger partial charge in [0, 0.05) is 7.11 Å². The van der Waals surface area contributed by atoms with Crippen LogP contribution >= 0.6 is 0 Å². The van der Waals surface area contributed by atoms with Gasteiger partial charge in [-0.25, -0.2) is 0 Å². The van der Waals surface area contributed by atoms with E-state index >= 15 is 0 Å². The number of benzene rings is 1. The maximum Gasteiger partial charge on any atom is 0.0583 e. The zero-order valence-corrected chi connectivity index (χ0v) is 8.00. The Morgan fingerprint density at radius 1 is 1.33 bits per heavy atom. The Bertz CT molecular complexity index is 243. The minimum Gasteiger partial charge on any atom is -0.381 e. The molecular formula is C11H16O. The summed E-state index contributed by atoms with van der Waals surface area (Å²) in [6, 6.07) is 8.43. The van der Waals surface area contributed by atoms with Gasteiger partial charge in [-0.3, -0.25) is 0 Å². The van der Waals surface area contributed by atoms with E-state index in [1.165, 1.54) is 11.1 Å². The molecule has 1 nitrogen and oxygen atoms in total. The maximum atomic E-state index is 5.21. The highest BCUT2D eigenvalue weighted by Crippen LogP contribution is 2.10. The Hall–Kier alpha value is -0.820. The standard InChI is InChI=1S/C11H16O/c1-9-6-4-5-7-11(9)8-10(2)12-3/h4-7,10H,8H2,1-3H3. The van der Waals surface area contributed by atoms with Crippen molar-refractivity contribution in [3.8, 4) is 0 Å². The monoisotopic (exact) mass is 164 g/mol. The Kier molecular flexibility index (Phi) is 3.30. The first-order chi connectivity index (χ1) is 5.74. The van der Waals surface area contributed by atoms with Crippen LogP contribution in [0.2, 0.25) is 0 Å². The summed E-state index contributed by atoms with van der Waals surface area (Å²) in [4.78, 5) is 0. The molecule has 0 bridgehead atoms. The number of hydrogen-bond acceptors (Lipinski definition) is 1. The molecule has 1 rings (SSSR count). The number of hydrogen-bond donors (Lipinski definition) is 0. The zero-order valence-electron chi connectivity index (χ0n) is 8.00. The molecule has 0 radical (unpaired) electrons. The van der Waals surface area contributed by atoms with E-state index in [-0.39, 0.29) is 0 Å².